The van der Waals surface area contributed by atoms with Gasteiger partial charge in [0.15, 0.2) is 0 Å². The van der Waals surface area contributed by atoms with Gasteiger partial charge < -0.3 is 15.5 Å². The number of hydrogen-bond acceptors (Lipinski definition) is 3. The van der Waals surface area contributed by atoms with E-state index in [1.165, 1.54) is 25.9 Å². The van der Waals surface area contributed by atoms with Gasteiger partial charge in [-0.25, -0.2) is 0 Å². The summed E-state index contributed by atoms with van der Waals surface area (Å²) in [5.41, 5.74) is 0.00525. The van der Waals surface area contributed by atoms with Crippen molar-refractivity contribution in [2.24, 2.45) is 5.92 Å². The zero-order valence-electron chi connectivity index (χ0n) is 12.4. The highest BCUT2D eigenvalue weighted by molar-refractivity contribution is 5.78. The van der Waals surface area contributed by atoms with Crippen molar-refractivity contribution in [2.75, 3.05) is 33.2 Å². The van der Waals surface area contributed by atoms with Crippen molar-refractivity contribution in [2.45, 2.75) is 45.6 Å². The lowest BCUT2D eigenvalue weighted by Crippen LogP contribution is -2.43. The Morgan fingerprint density at radius 2 is 1.89 bits per heavy atom. The molecule has 0 aromatic heterocycles. The molecule has 4 heteroatoms. The highest BCUT2D eigenvalue weighted by atomic mass is 16.1. The van der Waals surface area contributed by atoms with E-state index in [2.05, 4.69) is 43.4 Å². The molecule has 1 aliphatic heterocycles. The summed E-state index contributed by atoms with van der Waals surface area (Å²) in [6.07, 6.45) is 3.66. The molecule has 1 amide bonds. The van der Waals surface area contributed by atoms with Crippen LogP contribution in [0.1, 0.15) is 40.0 Å². The fraction of sp³-hybridized carbons (Fsp3) is 0.929. The summed E-state index contributed by atoms with van der Waals surface area (Å²) >= 11 is 0. The average Bonchev–Trinajstić information content (AvgIpc) is 2.28. The molecule has 0 spiro atoms. The average molecular weight is 255 g/mol. The third kappa shape index (κ3) is 6.97. The van der Waals surface area contributed by atoms with Gasteiger partial charge in [-0.05, 0) is 66.1 Å². The molecule has 1 saturated heterocycles. The first-order valence-electron chi connectivity index (χ1n) is 7.07. The molecular formula is C14H29N3O. The van der Waals surface area contributed by atoms with Crippen LogP contribution in [0.15, 0.2) is 0 Å². The van der Waals surface area contributed by atoms with Gasteiger partial charge in [0.25, 0.3) is 0 Å². The molecular weight excluding hydrogens is 226 g/mol. The van der Waals surface area contributed by atoms with Crippen LogP contribution in [0.4, 0.5) is 0 Å². The molecule has 0 bridgehead atoms. The maximum absolute atomic E-state index is 11.6. The van der Waals surface area contributed by atoms with E-state index in [-0.39, 0.29) is 11.4 Å². The van der Waals surface area contributed by atoms with Gasteiger partial charge in [0.05, 0.1) is 6.54 Å². The van der Waals surface area contributed by atoms with Crippen LogP contribution < -0.4 is 10.6 Å². The van der Waals surface area contributed by atoms with Crippen molar-refractivity contribution in [1.29, 1.82) is 0 Å². The van der Waals surface area contributed by atoms with E-state index in [0.717, 1.165) is 18.9 Å². The molecule has 0 aliphatic carbocycles. The Morgan fingerprint density at radius 1 is 1.28 bits per heavy atom. The Balaban J connectivity index is 2.05. The first-order valence-corrected chi connectivity index (χ1v) is 7.07. The summed E-state index contributed by atoms with van der Waals surface area (Å²) in [7, 11) is 2.18. The quantitative estimate of drug-likeness (QED) is 0.776. The molecule has 0 aromatic rings. The van der Waals surface area contributed by atoms with Crippen molar-refractivity contribution in [3.05, 3.63) is 0 Å². The standard InChI is InChI=1S/C14H29N3O/c1-14(2,3)16-11-13(18)15-8-5-12-6-9-17(4)10-7-12/h12,16H,5-11H2,1-4H3,(H,15,18). The summed E-state index contributed by atoms with van der Waals surface area (Å²) in [6.45, 7) is 9.83. The van der Waals surface area contributed by atoms with Gasteiger partial charge in [0.2, 0.25) is 5.91 Å². The smallest absolute Gasteiger partial charge is 0.233 e. The zero-order chi connectivity index (χ0) is 13.6. The lowest BCUT2D eigenvalue weighted by molar-refractivity contribution is -0.120. The maximum atomic E-state index is 11.6. The predicted molar refractivity (Wildman–Crippen MR) is 75.6 cm³/mol. The monoisotopic (exact) mass is 255 g/mol. The van der Waals surface area contributed by atoms with Gasteiger partial charge >= 0.3 is 0 Å². The number of rotatable bonds is 5. The van der Waals surface area contributed by atoms with E-state index in [0.29, 0.717) is 6.54 Å². The lowest BCUT2D eigenvalue weighted by Gasteiger charge is -2.28. The summed E-state index contributed by atoms with van der Waals surface area (Å²) in [5, 5.41) is 6.20. The Hall–Kier alpha value is -0.610. The number of piperidine rings is 1. The topological polar surface area (TPSA) is 44.4 Å². The van der Waals surface area contributed by atoms with Crippen molar-refractivity contribution >= 4 is 5.91 Å². The highest BCUT2D eigenvalue weighted by Crippen LogP contribution is 2.18. The van der Waals surface area contributed by atoms with E-state index in [1.54, 1.807) is 0 Å². The van der Waals surface area contributed by atoms with Gasteiger partial charge in [0.1, 0.15) is 0 Å². The van der Waals surface area contributed by atoms with E-state index >= 15 is 0 Å². The number of carbonyl (C=O) groups excluding carboxylic acids is 1. The van der Waals surface area contributed by atoms with Crippen LogP contribution in [0.25, 0.3) is 0 Å². The number of hydrogen-bond donors (Lipinski definition) is 2. The molecule has 18 heavy (non-hydrogen) atoms. The molecule has 0 saturated carbocycles. The fourth-order valence-electron chi connectivity index (χ4n) is 2.17. The predicted octanol–water partition coefficient (Wildman–Crippen LogP) is 1.22. The molecule has 4 nitrogen and oxygen atoms in total. The molecule has 106 valence electrons. The van der Waals surface area contributed by atoms with Crippen LogP contribution in [-0.4, -0.2) is 49.6 Å². The first kappa shape index (κ1) is 15.4. The highest BCUT2D eigenvalue weighted by Gasteiger charge is 2.16. The van der Waals surface area contributed by atoms with Gasteiger partial charge in [0, 0.05) is 12.1 Å². The Kier molecular flexibility index (Phi) is 6.09. The molecule has 0 radical (unpaired) electrons. The van der Waals surface area contributed by atoms with Gasteiger partial charge in [-0.3, -0.25) is 4.79 Å². The second-order valence-corrected chi connectivity index (χ2v) is 6.49. The molecule has 1 fully saturated rings. The second kappa shape index (κ2) is 7.10. The Bertz CT molecular complexity index is 252. The maximum Gasteiger partial charge on any atom is 0.233 e. The van der Waals surface area contributed by atoms with Crippen molar-refractivity contribution in [3.63, 3.8) is 0 Å². The van der Waals surface area contributed by atoms with Gasteiger partial charge in [-0.2, -0.15) is 0 Å². The van der Waals surface area contributed by atoms with Crippen LogP contribution in [0, 0.1) is 5.92 Å². The number of nitrogens with one attached hydrogen (secondary N) is 2. The summed E-state index contributed by atoms with van der Waals surface area (Å²) in [5.74, 6) is 0.898. The van der Waals surface area contributed by atoms with E-state index in [1.807, 2.05) is 0 Å². The van der Waals surface area contributed by atoms with E-state index in [9.17, 15) is 4.79 Å². The molecule has 1 rings (SSSR count). The second-order valence-electron chi connectivity index (χ2n) is 6.49. The van der Waals surface area contributed by atoms with Crippen LogP contribution in [0.3, 0.4) is 0 Å². The third-order valence-corrected chi connectivity index (χ3v) is 3.49. The molecule has 0 atom stereocenters. The number of likely N-dealkylation sites (tertiary alicyclic amines) is 1. The fourth-order valence-corrected chi connectivity index (χ4v) is 2.17. The lowest BCUT2D eigenvalue weighted by atomic mass is 9.94. The molecule has 1 aliphatic rings. The minimum Gasteiger partial charge on any atom is -0.355 e. The minimum absolute atomic E-state index is 0.00525. The molecule has 0 unspecified atom stereocenters. The summed E-state index contributed by atoms with van der Waals surface area (Å²) < 4.78 is 0. The normalized spacial score (nSPS) is 18.9. The summed E-state index contributed by atoms with van der Waals surface area (Å²) in [4.78, 5) is 14.0. The number of nitrogens with zero attached hydrogens (tertiary/aromatic N) is 1. The van der Waals surface area contributed by atoms with E-state index in [4.69, 9.17) is 0 Å². The van der Waals surface area contributed by atoms with E-state index < -0.39 is 0 Å². The molecule has 1 heterocycles. The largest absolute Gasteiger partial charge is 0.355 e. The van der Waals surface area contributed by atoms with Gasteiger partial charge in [-0.1, -0.05) is 0 Å². The zero-order valence-corrected chi connectivity index (χ0v) is 12.4. The van der Waals surface area contributed by atoms with Gasteiger partial charge in [-0.15, -0.1) is 0 Å². The minimum atomic E-state index is 0.00525. The first-order chi connectivity index (χ1) is 8.37. The Morgan fingerprint density at radius 3 is 2.44 bits per heavy atom. The van der Waals surface area contributed by atoms with Crippen LogP contribution in [-0.2, 0) is 4.79 Å². The SMILES string of the molecule is CN1CCC(CCNC(=O)CNC(C)(C)C)CC1. The summed E-state index contributed by atoms with van der Waals surface area (Å²) in [6, 6.07) is 0. The van der Waals surface area contributed by atoms with Crippen LogP contribution in [0.5, 0.6) is 0 Å². The third-order valence-electron chi connectivity index (χ3n) is 3.49. The van der Waals surface area contributed by atoms with Crippen molar-refractivity contribution < 1.29 is 4.79 Å². The molecule has 2 N–H and O–H groups in total. The van der Waals surface area contributed by atoms with Crippen LogP contribution in [0.2, 0.25) is 0 Å². The van der Waals surface area contributed by atoms with Crippen molar-refractivity contribution in [3.8, 4) is 0 Å². The van der Waals surface area contributed by atoms with Crippen molar-refractivity contribution in [1.82, 2.24) is 15.5 Å². The Labute approximate surface area is 111 Å². The van der Waals surface area contributed by atoms with Crippen LogP contribution >= 0.6 is 0 Å². The number of amides is 1. The number of carbonyl (C=O) groups is 1. The molecule has 0 aromatic carbocycles.